The summed E-state index contributed by atoms with van der Waals surface area (Å²) >= 11 is 0. The number of amides is 1. The van der Waals surface area contributed by atoms with E-state index < -0.39 is 22.8 Å². The second-order valence-electron chi connectivity index (χ2n) is 5.55. The summed E-state index contributed by atoms with van der Waals surface area (Å²) in [6.07, 6.45) is 0.267. The van der Waals surface area contributed by atoms with E-state index >= 15 is 0 Å². The van der Waals surface area contributed by atoms with Crippen molar-refractivity contribution in [1.29, 1.82) is 0 Å². The van der Waals surface area contributed by atoms with Crippen LogP contribution >= 0.6 is 0 Å². The smallest absolute Gasteiger partial charge is 0.326 e. The molecule has 2 rings (SSSR count). The van der Waals surface area contributed by atoms with E-state index in [9.17, 15) is 19.7 Å². The third-order valence-corrected chi connectivity index (χ3v) is 3.28. The molecule has 0 unspecified atom stereocenters. The van der Waals surface area contributed by atoms with Crippen molar-refractivity contribution in [3.8, 4) is 0 Å². The number of rotatable bonds is 6. The van der Waals surface area contributed by atoms with Crippen LogP contribution in [-0.2, 0) is 4.79 Å². The zero-order valence-electron chi connectivity index (χ0n) is 12.6. The lowest BCUT2D eigenvalue weighted by atomic mass is 10.0. The third-order valence-electron chi connectivity index (χ3n) is 3.28. The summed E-state index contributed by atoms with van der Waals surface area (Å²) in [5.41, 5.74) is 0.208. The quantitative estimate of drug-likeness (QED) is 0.547. The van der Waals surface area contributed by atoms with Crippen LogP contribution in [-0.4, -0.2) is 38.1 Å². The van der Waals surface area contributed by atoms with Crippen molar-refractivity contribution in [1.82, 2.24) is 15.5 Å². The number of carbonyl (C=O) groups excluding carboxylic acids is 1. The Balaban J connectivity index is 2.31. The number of hydrogen-bond acceptors (Lipinski definition) is 5. The fourth-order valence-electron chi connectivity index (χ4n) is 2.21. The summed E-state index contributed by atoms with van der Waals surface area (Å²) in [7, 11) is 0. The summed E-state index contributed by atoms with van der Waals surface area (Å²) in [6.45, 7) is 3.69. The molecule has 0 aliphatic heterocycles. The highest BCUT2D eigenvalue weighted by Crippen LogP contribution is 2.22. The van der Waals surface area contributed by atoms with Gasteiger partial charge in [-0.25, -0.2) is 4.79 Å². The van der Waals surface area contributed by atoms with Crippen molar-refractivity contribution in [2.75, 3.05) is 0 Å². The molecule has 23 heavy (non-hydrogen) atoms. The number of aliphatic carboxylic acids is 1. The SMILES string of the molecule is CC(C)C[C@@H](NC(=O)c1n[nH]c2ccc([N+](=O)[O-])cc12)C(=O)O. The predicted molar refractivity (Wildman–Crippen MR) is 81.1 cm³/mol. The van der Waals surface area contributed by atoms with Crippen molar-refractivity contribution in [2.45, 2.75) is 26.3 Å². The van der Waals surface area contributed by atoms with Crippen LogP contribution in [0.25, 0.3) is 10.9 Å². The molecule has 0 aliphatic carbocycles. The van der Waals surface area contributed by atoms with E-state index in [1.54, 1.807) is 0 Å². The molecule has 0 saturated heterocycles. The molecular weight excluding hydrogens is 304 g/mol. The van der Waals surface area contributed by atoms with E-state index in [1.807, 2.05) is 13.8 Å². The molecule has 1 atom stereocenters. The van der Waals surface area contributed by atoms with Gasteiger partial charge in [0.1, 0.15) is 6.04 Å². The number of hydrogen-bond donors (Lipinski definition) is 3. The van der Waals surface area contributed by atoms with Crippen LogP contribution in [0, 0.1) is 16.0 Å². The zero-order chi connectivity index (χ0) is 17.1. The summed E-state index contributed by atoms with van der Waals surface area (Å²) in [5.74, 6) is -1.75. The minimum Gasteiger partial charge on any atom is -0.480 e. The van der Waals surface area contributed by atoms with Crippen molar-refractivity contribution in [2.24, 2.45) is 5.92 Å². The van der Waals surface area contributed by atoms with Gasteiger partial charge < -0.3 is 10.4 Å². The number of nitro benzene ring substituents is 1. The van der Waals surface area contributed by atoms with Gasteiger partial charge in [-0.15, -0.1) is 0 Å². The Hall–Kier alpha value is -2.97. The highest BCUT2D eigenvalue weighted by atomic mass is 16.6. The number of benzene rings is 1. The van der Waals surface area contributed by atoms with Gasteiger partial charge in [0.05, 0.1) is 10.4 Å². The molecule has 1 heterocycles. The lowest BCUT2D eigenvalue weighted by Crippen LogP contribution is -2.41. The zero-order valence-corrected chi connectivity index (χ0v) is 12.6. The molecular formula is C14H16N4O5. The monoisotopic (exact) mass is 320 g/mol. The van der Waals surface area contributed by atoms with Crippen molar-refractivity contribution >= 4 is 28.5 Å². The van der Waals surface area contributed by atoms with E-state index in [1.165, 1.54) is 18.2 Å². The predicted octanol–water partition coefficient (Wildman–Crippen LogP) is 1.70. The van der Waals surface area contributed by atoms with E-state index in [-0.39, 0.29) is 29.1 Å². The lowest BCUT2D eigenvalue weighted by Gasteiger charge is -2.15. The maximum absolute atomic E-state index is 12.3. The van der Waals surface area contributed by atoms with E-state index in [0.717, 1.165) is 0 Å². The third kappa shape index (κ3) is 3.62. The van der Waals surface area contributed by atoms with Crippen LogP contribution < -0.4 is 5.32 Å². The van der Waals surface area contributed by atoms with Gasteiger partial charge in [-0.3, -0.25) is 20.0 Å². The van der Waals surface area contributed by atoms with Gasteiger partial charge in [-0.1, -0.05) is 13.8 Å². The number of carboxylic acids is 1. The van der Waals surface area contributed by atoms with Crippen LogP contribution in [0.1, 0.15) is 30.8 Å². The number of nitro groups is 1. The van der Waals surface area contributed by atoms with Crippen molar-refractivity contribution in [3.63, 3.8) is 0 Å². The summed E-state index contributed by atoms with van der Waals surface area (Å²) in [6, 6.07) is 2.92. The second kappa shape index (κ2) is 6.42. The molecule has 0 fully saturated rings. The van der Waals surface area contributed by atoms with Crippen LogP contribution in [0.5, 0.6) is 0 Å². The highest BCUT2D eigenvalue weighted by Gasteiger charge is 2.24. The fourth-order valence-corrected chi connectivity index (χ4v) is 2.21. The average Bonchev–Trinajstić information content (AvgIpc) is 2.88. The fraction of sp³-hybridized carbons (Fsp3) is 0.357. The molecule has 9 heteroatoms. The molecule has 1 aromatic heterocycles. The van der Waals surface area contributed by atoms with Crippen LogP contribution in [0.4, 0.5) is 5.69 Å². The summed E-state index contributed by atoms with van der Waals surface area (Å²) < 4.78 is 0. The first kappa shape index (κ1) is 16.4. The Bertz CT molecular complexity index is 768. The number of aromatic amines is 1. The topological polar surface area (TPSA) is 138 Å². The number of non-ortho nitro benzene ring substituents is 1. The second-order valence-corrected chi connectivity index (χ2v) is 5.55. The molecule has 9 nitrogen and oxygen atoms in total. The highest BCUT2D eigenvalue weighted by molar-refractivity contribution is 6.06. The van der Waals surface area contributed by atoms with Crippen LogP contribution in [0.2, 0.25) is 0 Å². The van der Waals surface area contributed by atoms with E-state index in [2.05, 4.69) is 15.5 Å². The van der Waals surface area contributed by atoms with Gasteiger partial charge in [-0.2, -0.15) is 5.10 Å². The molecule has 0 bridgehead atoms. The molecule has 0 saturated carbocycles. The van der Waals surface area contributed by atoms with Crippen molar-refractivity contribution in [3.05, 3.63) is 34.0 Å². The summed E-state index contributed by atoms with van der Waals surface area (Å²) in [4.78, 5) is 33.7. The lowest BCUT2D eigenvalue weighted by molar-refractivity contribution is -0.384. The Kier molecular flexibility index (Phi) is 4.58. The minimum absolute atomic E-state index is 0.0706. The number of carbonyl (C=O) groups is 2. The van der Waals surface area contributed by atoms with Gasteiger partial charge >= 0.3 is 5.97 Å². The van der Waals surface area contributed by atoms with E-state index in [4.69, 9.17) is 5.11 Å². The van der Waals surface area contributed by atoms with Gasteiger partial charge in [0.25, 0.3) is 11.6 Å². The molecule has 3 N–H and O–H groups in total. The molecule has 122 valence electrons. The molecule has 0 spiro atoms. The van der Waals surface area contributed by atoms with Gasteiger partial charge in [0.15, 0.2) is 5.69 Å². The summed E-state index contributed by atoms with van der Waals surface area (Å²) in [5, 5.41) is 29.1. The molecule has 1 aromatic carbocycles. The minimum atomic E-state index is -1.14. The molecule has 0 aliphatic rings. The largest absolute Gasteiger partial charge is 0.480 e. The molecule has 1 amide bonds. The molecule has 0 radical (unpaired) electrons. The Morgan fingerprint density at radius 2 is 2.13 bits per heavy atom. The van der Waals surface area contributed by atoms with Gasteiger partial charge in [0, 0.05) is 17.5 Å². The first-order valence-corrected chi connectivity index (χ1v) is 6.95. The maximum Gasteiger partial charge on any atom is 0.326 e. The average molecular weight is 320 g/mol. The van der Waals surface area contributed by atoms with Crippen molar-refractivity contribution < 1.29 is 19.6 Å². The van der Waals surface area contributed by atoms with Gasteiger partial charge in [0.2, 0.25) is 0 Å². The number of H-pyrrole nitrogens is 1. The number of fused-ring (bicyclic) bond motifs is 1. The Morgan fingerprint density at radius 3 is 2.70 bits per heavy atom. The normalized spacial score (nSPS) is 12.3. The number of aromatic nitrogens is 2. The van der Waals surface area contributed by atoms with Crippen LogP contribution in [0.15, 0.2) is 18.2 Å². The number of carboxylic acid groups (broad SMARTS) is 1. The standard InChI is InChI=1S/C14H16N4O5/c1-7(2)5-11(14(20)21)15-13(19)12-9-6-8(18(22)23)3-4-10(9)16-17-12/h3-4,6-7,11H,5H2,1-2H3,(H,15,19)(H,16,17)(H,20,21)/t11-/m1/s1. The first-order valence-electron chi connectivity index (χ1n) is 6.95. The van der Waals surface area contributed by atoms with E-state index in [0.29, 0.717) is 5.52 Å². The molecule has 2 aromatic rings. The Labute approximate surface area is 130 Å². The number of nitrogens with one attached hydrogen (secondary N) is 2. The Morgan fingerprint density at radius 1 is 1.43 bits per heavy atom. The van der Waals surface area contributed by atoms with Crippen LogP contribution in [0.3, 0.4) is 0 Å². The first-order chi connectivity index (χ1) is 10.8. The number of nitrogens with zero attached hydrogens (tertiary/aromatic N) is 2. The van der Waals surface area contributed by atoms with Gasteiger partial charge in [-0.05, 0) is 18.4 Å². The maximum atomic E-state index is 12.3.